The molecule has 0 fully saturated rings. The van der Waals surface area contributed by atoms with Crippen molar-refractivity contribution in [1.29, 1.82) is 5.26 Å². The van der Waals surface area contributed by atoms with E-state index in [1.54, 1.807) is 0 Å². The van der Waals surface area contributed by atoms with Crippen LogP contribution in [-0.2, 0) is 0 Å². The van der Waals surface area contributed by atoms with E-state index in [9.17, 15) is 5.26 Å². The lowest BCUT2D eigenvalue weighted by atomic mass is 9.89. The standard InChI is InChI=1S/C50H32N4/c51-32-33-15-14-22-41(50(33)54-47-27-12-6-19-37(47)38-20-7-13-28-48(38)54)39-21-8-11-26-45(39)53-46-23-3-1-2-16-40(46)42-31-34(29-30-49(42)53)52-43-24-9-4-17-35(43)36-18-5-10-25-44(36)52/h2,4-13,15-21,24-31H,1,14,22H2. The maximum Gasteiger partial charge on any atom is 0.105 e. The van der Waals surface area contributed by atoms with E-state index in [-0.39, 0.29) is 0 Å². The van der Waals surface area contributed by atoms with Crippen molar-refractivity contribution in [3.8, 4) is 29.3 Å². The lowest BCUT2D eigenvalue weighted by Gasteiger charge is -2.24. The molecule has 0 bridgehead atoms. The third kappa shape index (κ3) is 4.32. The summed E-state index contributed by atoms with van der Waals surface area (Å²) in [7, 11) is 0. The van der Waals surface area contributed by atoms with Gasteiger partial charge in [-0.3, -0.25) is 0 Å². The quantitative estimate of drug-likeness (QED) is 0.170. The van der Waals surface area contributed by atoms with E-state index in [0.717, 1.165) is 74.2 Å². The summed E-state index contributed by atoms with van der Waals surface area (Å²) < 4.78 is 7.06. The van der Waals surface area contributed by atoms with Crippen LogP contribution < -0.4 is 0 Å². The van der Waals surface area contributed by atoms with Gasteiger partial charge in [0, 0.05) is 50.2 Å². The molecule has 54 heavy (non-hydrogen) atoms. The van der Waals surface area contributed by atoms with Gasteiger partial charge in [-0.2, -0.15) is 5.26 Å². The van der Waals surface area contributed by atoms with Crippen LogP contribution in [0.3, 0.4) is 0 Å². The van der Waals surface area contributed by atoms with Crippen LogP contribution in [0.25, 0.3) is 83.2 Å². The summed E-state index contributed by atoms with van der Waals surface area (Å²) in [6, 6.07) is 52.5. The van der Waals surface area contributed by atoms with Crippen LogP contribution in [0.15, 0.2) is 157 Å². The fourth-order valence-corrected chi connectivity index (χ4v) is 9.00. The fraction of sp³-hybridized carbons (Fsp3) is 0.0600. The molecule has 9 aromatic rings. The molecule has 4 heteroatoms. The van der Waals surface area contributed by atoms with Crippen molar-refractivity contribution in [2.24, 2.45) is 0 Å². The number of nitriles is 1. The molecule has 2 aliphatic rings. The van der Waals surface area contributed by atoms with Gasteiger partial charge in [-0.1, -0.05) is 115 Å². The molecule has 4 nitrogen and oxygen atoms in total. The van der Waals surface area contributed by atoms with Gasteiger partial charge in [0.25, 0.3) is 0 Å². The molecule has 11 rings (SSSR count). The van der Waals surface area contributed by atoms with Gasteiger partial charge in [0.2, 0.25) is 0 Å². The van der Waals surface area contributed by atoms with Gasteiger partial charge >= 0.3 is 0 Å². The highest BCUT2D eigenvalue weighted by Crippen LogP contribution is 2.44. The Balaban J connectivity index is 1.20. The van der Waals surface area contributed by atoms with E-state index in [1.807, 2.05) is 0 Å². The molecule has 252 valence electrons. The van der Waals surface area contributed by atoms with Crippen molar-refractivity contribution in [1.82, 2.24) is 13.7 Å². The molecule has 3 aromatic heterocycles. The van der Waals surface area contributed by atoms with Gasteiger partial charge in [0.1, 0.15) is 11.8 Å². The predicted octanol–water partition coefficient (Wildman–Crippen LogP) is 12.2. The van der Waals surface area contributed by atoms with Gasteiger partial charge in [0.05, 0.1) is 44.5 Å². The molecule has 0 radical (unpaired) electrons. The highest BCUT2D eigenvalue weighted by Gasteiger charge is 2.27. The summed E-state index contributed by atoms with van der Waals surface area (Å²) in [4.78, 5) is 0. The Morgan fingerprint density at radius 2 is 1.15 bits per heavy atom. The number of hydrogen-bond donors (Lipinski definition) is 0. The molecule has 0 saturated heterocycles. The van der Waals surface area contributed by atoms with Crippen LogP contribution in [0.2, 0.25) is 0 Å². The van der Waals surface area contributed by atoms with Crippen LogP contribution in [0.1, 0.15) is 36.1 Å². The van der Waals surface area contributed by atoms with Gasteiger partial charge in [-0.15, -0.1) is 0 Å². The average Bonchev–Trinajstić information content (AvgIpc) is 3.77. The first kappa shape index (κ1) is 30.4. The Morgan fingerprint density at radius 1 is 0.574 bits per heavy atom. The number of para-hydroxylation sites is 5. The van der Waals surface area contributed by atoms with Crippen molar-refractivity contribution in [2.45, 2.75) is 19.3 Å². The van der Waals surface area contributed by atoms with E-state index in [2.05, 4.69) is 189 Å². The maximum atomic E-state index is 10.7. The smallest absolute Gasteiger partial charge is 0.105 e. The molecule has 0 atom stereocenters. The first-order chi connectivity index (χ1) is 26.8. The monoisotopic (exact) mass is 688 g/mol. The summed E-state index contributed by atoms with van der Waals surface area (Å²) in [5.74, 6) is 7.01. The predicted molar refractivity (Wildman–Crippen MR) is 224 cm³/mol. The van der Waals surface area contributed by atoms with E-state index in [1.165, 1.54) is 32.6 Å². The Kier molecular flexibility index (Phi) is 6.68. The van der Waals surface area contributed by atoms with E-state index in [0.29, 0.717) is 12.0 Å². The van der Waals surface area contributed by atoms with Crippen molar-refractivity contribution >= 4 is 71.9 Å². The minimum Gasteiger partial charge on any atom is -0.309 e. The average molecular weight is 689 g/mol. The van der Waals surface area contributed by atoms with Crippen LogP contribution >= 0.6 is 0 Å². The number of fused-ring (bicyclic) bond motifs is 9. The van der Waals surface area contributed by atoms with E-state index < -0.39 is 0 Å². The van der Waals surface area contributed by atoms with Crippen molar-refractivity contribution < 1.29 is 0 Å². The Bertz CT molecular complexity index is 3160. The summed E-state index contributed by atoms with van der Waals surface area (Å²) in [5, 5.41) is 16.7. The summed E-state index contributed by atoms with van der Waals surface area (Å²) in [5.41, 5.74) is 13.9. The normalized spacial score (nSPS) is 14.0. The van der Waals surface area contributed by atoms with Crippen LogP contribution in [0.5, 0.6) is 0 Å². The highest BCUT2D eigenvalue weighted by molar-refractivity contribution is 6.13. The molecule has 0 unspecified atom stereocenters. The van der Waals surface area contributed by atoms with Crippen molar-refractivity contribution in [2.75, 3.05) is 0 Å². The Labute approximate surface area is 312 Å². The third-order valence-electron chi connectivity index (χ3n) is 11.2. The lowest BCUT2D eigenvalue weighted by Crippen LogP contribution is -2.09. The molecule has 0 amide bonds. The van der Waals surface area contributed by atoms with Gasteiger partial charge < -0.3 is 13.7 Å². The summed E-state index contributed by atoms with van der Waals surface area (Å²) in [6.45, 7) is 0. The Hall–Kier alpha value is -7.27. The van der Waals surface area contributed by atoms with E-state index >= 15 is 0 Å². The first-order valence-electron chi connectivity index (χ1n) is 18.5. The molecule has 6 aromatic carbocycles. The van der Waals surface area contributed by atoms with Gasteiger partial charge in [-0.25, -0.2) is 0 Å². The second-order valence-electron chi connectivity index (χ2n) is 14.1. The molecular weight excluding hydrogens is 657 g/mol. The topological polar surface area (TPSA) is 38.6 Å². The number of nitrogens with zero attached hydrogens (tertiary/aromatic N) is 4. The highest BCUT2D eigenvalue weighted by atomic mass is 15.0. The van der Waals surface area contributed by atoms with Gasteiger partial charge in [-0.05, 0) is 72.9 Å². The molecule has 0 spiro atoms. The SMILES string of the molecule is N#CC1=CCCC(c2ccccc2-n2c3c(c4cc(-n5c6ccccc6c6ccccc65)ccc42)C=CCC#C3)=C1n1c2ccccc2c2ccccc21. The number of allylic oxidation sites excluding steroid dienone is 5. The minimum absolute atomic E-state index is 0.698. The molecule has 3 heterocycles. The summed E-state index contributed by atoms with van der Waals surface area (Å²) >= 11 is 0. The van der Waals surface area contributed by atoms with Crippen LogP contribution in [0, 0.1) is 23.2 Å². The van der Waals surface area contributed by atoms with E-state index in [4.69, 9.17) is 0 Å². The molecule has 0 aliphatic heterocycles. The summed E-state index contributed by atoms with van der Waals surface area (Å²) in [6.07, 6.45) is 8.82. The van der Waals surface area contributed by atoms with Gasteiger partial charge in [0.15, 0.2) is 0 Å². The minimum atomic E-state index is 0.698. The Morgan fingerprint density at radius 3 is 1.80 bits per heavy atom. The third-order valence-corrected chi connectivity index (χ3v) is 11.2. The zero-order chi connectivity index (χ0) is 35.8. The van der Waals surface area contributed by atoms with Crippen LogP contribution in [-0.4, -0.2) is 13.7 Å². The second-order valence-corrected chi connectivity index (χ2v) is 14.1. The maximum absolute atomic E-state index is 10.7. The molecule has 0 N–H and O–H groups in total. The van der Waals surface area contributed by atoms with Crippen molar-refractivity contribution in [3.63, 3.8) is 0 Å². The van der Waals surface area contributed by atoms with Crippen LogP contribution in [0.4, 0.5) is 0 Å². The molecular formula is C50H32N4. The fourth-order valence-electron chi connectivity index (χ4n) is 9.00. The lowest BCUT2D eigenvalue weighted by molar-refractivity contribution is 1.01. The number of hydrogen-bond acceptors (Lipinski definition) is 1. The second kappa shape index (κ2) is 11.9. The zero-order valence-corrected chi connectivity index (χ0v) is 29.4. The number of benzene rings is 6. The molecule has 0 saturated carbocycles. The zero-order valence-electron chi connectivity index (χ0n) is 29.4. The number of rotatable bonds is 4. The number of aromatic nitrogens is 3. The molecule has 2 aliphatic carbocycles. The largest absolute Gasteiger partial charge is 0.309 e. The van der Waals surface area contributed by atoms with Crippen molar-refractivity contribution in [3.05, 3.63) is 174 Å². The first-order valence-corrected chi connectivity index (χ1v) is 18.5.